The van der Waals surface area contributed by atoms with Crippen LogP contribution in [0.4, 0.5) is 0 Å². The number of hydrogen-bond acceptors (Lipinski definition) is 10. The Kier molecular flexibility index (Phi) is 12.8. The highest BCUT2D eigenvalue weighted by atomic mass is 35.5. The topological polar surface area (TPSA) is 127 Å². The van der Waals surface area contributed by atoms with Gasteiger partial charge in [-0.3, -0.25) is 0 Å². The molecular formula is C40H48Cl2N4O6. The second-order valence-corrected chi connectivity index (χ2v) is 14.4. The first kappa shape index (κ1) is 38.1. The third-order valence-electron chi connectivity index (χ3n) is 10.3. The number of aliphatic hydroxyl groups excluding tert-OH is 2. The number of nitrogens with zero attached hydrogens (tertiary/aromatic N) is 2. The molecule has 2 aliphatic rings. The lowest BCUT2D eigenvalue weighted by Crippen LogP contribution is -2.35. The zero-order valence-corrected chi connectivity index (χ0v) is 31.7. The van der Waals surface area contributed by atoms with Crippen molar-refractivity contribution in [1.82, 2.24) is 20.6 Å². The minimum atomic E-state index is -0.341. The second-order valence-electron chi connectivity index (χ2n) is 13.6. The molecule has 2 saturated carbocycles. The van der Waals surface area contributed by atoms with Crippen LogP contribution >= 0.6 is 23.2 Å². The van der Waals surface area contributed by atoms with Gasteiger partial charge in [0.05, 0.1) is 26.4 Å². The predicted molar refractivity (Wildman–Crippen MR) is 203 cm³/mol. The van der Waals surface area contributed by atoms with Crippen molar-refractivity contribution >= 4 is 23.2 Å². The van der Waals surface area contributed by atoms with Crippen LogP contribution in [0.3, 0.4) is 0 Å². The van der Waals surface area contributed by atoms with Crippen molar-refractivity contribution in [2.75, 3.05) is 14.2 Å². The molecule has 0 radical (unpaired) electrons. The van der Waals surface area contributed by atoms with Gasteiger partial charge in [-0.15, -0.1) is 0 Å². The summed E-state index contributed by atoms with van der Waals surface area (Å²) in [5.74, 6) is 1.46. The second kappa shape index (κ2) is 17.5. The van der Waals surface area contributed by atoms with E-state index in [0.29, 0.717) is 46.7 Å². The lowest BCUT2D eigenvalue weighted by Gasteiger charge is -2.19. The van der Waals surface area contributed by atoms with E-state index in [9.17, 15) is 10.2 Å². The standard InChI is InChI=1S/C40H48Cl2N4O6/c1-23-25(21-51-39-31(41)17-27(37(45-39)49-3)19-43-33-13-7-15-35(33)47)9-5-11-29(23)30-12-6-10-26(24(30)2)22-52-40-32(42)18-28(38(46-40)50-4)20-44-34-14-8-16-36(34)48/h5-6,9-12,17-18,33-36,43-44,47-48H,7-8,13-16,19-22H2,1-4H3. The molecular weight excluding hydrogens is 703 g/mol. The fourth-order valence-electron chi connectivity index (χ4n) is 7.19. The van der Waals surface area contributed by atoms with Crippen molar-refractivity contribution in [2.24, 2.45) is 0 Å². The Labute approximate surface area is 315 Å². The van der Waals surface area contributed by atoms with Gasteiger partial charge in [-0.1, -0.05) is 59.6 Å². The summed E-state index contributed by atoms with van der Waals surface area (Å²) < 4.78 is 23.5. The average Bonchev–Trinajstić information content (AvgIpc) is 3.76. The number of aromatic nitrogens is 2. The van der Waals surface area contributed by atoms with E-state index in [1.165, 1.54) is 0 Å². The van der Waals surface area contributed by atoms with E-state index < -0.39 is 0 Å². The number of aliphatic hydroxyl groups is 2. The fraction of sp³-hybridized carbons (Fsp3) is 0.450. The van der Waals surface area contributed by atoms with Gasteiger partial charge < -0.3 is 39.8 Å². The molecule has 4 N–H and O–H groups in total. The van der Waals surface area contributed by atoms with E-state index in [4.69, 9.17) is 42.1 Å². The molecule has 4 unspecified atom stereocenters. The van der Waals surface area contributed by atoms with Gasteiger partial charge in [-0.2, -0.15) is 9.97 Å². The van der Waals surface area contributed by atoms with Crippen molar-refractivity contribution in [1.29, 1.82) is 0 Å². The van der Waals surface area contributed by atoms with E-state index in [1.807, 2.05) is 36.4 Å². The summed E-state index contributed by atoms with van der Waals surface area (Å²) in [5.41, 5.74) is 7.91. The normalized spacial score (nSPS) is 19.9. The Morgan fingerprint density at radius 3 is 1.42 bits per heavy atom. The first-order chi connectivity index (χ1) is 25.2. The minimum Gasteiger partial charge on any atom is -0.481 e. The van der Waals surface area contributed by atoms with Crippen molar-refractivity contribution in [2.45, 2.75) is 103 Å². The molecule has 2 aromatic carbocycles. The van der Waals surface area contributed by atoms with Gasteiger partial charge >= 0.3 is 0 Å². The highest BCUT2D eigenvalue weighted by molar-refractivity contribution is 6.32. The average molecular weight is 752 g/mol. The van der Waals surface area contributed by atoms with Crippen LogP contribution < -0.4 is 29.6 Å². The van der Waals surface area contributed by atoms with E-state index in [1.54, 1.807) is 14.2 Å². The molecule has 2 aliphatic carbocycles. The van der Waals surface area contributed by atoms with Gasteiger partial charge in [0.25, 0.3) is 0 Å². The van der Waals surface area contributed by atoms with Crippen molar-refractivity contribution in [3.05, 3.63) is 92.0 Å². The van der Waals surface area contributed by atoms with Crippen LogP contribution in [0.15, 0.2) is 48.5 Å². The van der Waals surface area contributed by atoms with E-state index >= 15 is 0 Å². The van der Waals surface area contributed by atoms with Crippen molar-refractivity contribution in [3.63, 3.8) is 0 Å². The van der Waals surface area contributed by atoms with Gasteiger partial charge in [0.1, 0.15) is 23.3 Å². The van der Waals surface area contributed by atoms with Crippen LogP contribution in [-0.2, 0) is 26.3 Å². The lowest BCUT2D eigenvalue weighted by atomic mass is 9.92. The molecule has 278 valence electrons. The van der Waals surface area contributed by atoms with Gasteiger partial charge in [0.2, 0.25) is 23.5 Å². The predicted octanol–water partition coefficient (Wildman–Crippen LogP) is 7.25. The molecule has 52 heavy (non-hydrogen) atoms. The zero-order valence-electron chi connectivity index (χ0n) is 30.2. The molecule has 10 nitrogen and oxygen atoms in total. The third kappa shape index (κ3) is 8.76. The van der Waals surface area contributed by atoms with Gasteiger partial charge in [-0.05, 0) is 97.9 Å². The van der Waals surface area contributed by atoms with E-state index in [-0.39, 0.29) is 37.5 Å². The quantitative estimate of drug-likeness (QED) is 0.0987. The van der Waals surface area contributed by atoms with Gasteiger partial charge in [0, 0.05) is 36.3 Å². The molecule has 2 aromatic heterocycles. The molecule has 0 bridgehead atoms. The van der Waals surface area contributed by atoms with Crippen LogP contribution in [0.2, 0.25) is 10.0 Å². The number of nitrogens with one attached hydrogen (secondary N) is 2. The molecule has 2 heterocycles. The summed E-state index contributed by atoms with van der Waals surface area (Å²) in [7, 11) is 3.15. The van der Waals surface area contributed by atoms with Crippen LogP contribution in [0.1, 0.15) is 71.9 Å². The summed E-state index contributed by atoms with van der Waals surface area (Å²) in [6.45, 7) is 5.66. The van der Waals surface area contributed by atoms with E-state index in [2.05, 4.69) is 46.6 Å². The Morgan fingerprint density at radius 1 is 0.635 bits per heavy atom. The van der Waals surface area contributed by atoms with Gasteiger partial charge in [0.15, 0.2) is 0 Å². The summed E-state index contributed by atoms with van der Waals surface area (Å²) in [6.07, 6.45) is 4.82. The van der Waals surface area contributed by atoms with Gasteiger partial charge in [-0.25, -0.2) is 0 Å². The van der Waals surface area contributed by atoms with Crippen molar-refractivity contribution < 1.29 is 29.2 Å². The largest absolute Gasteiger partial charge is 0.481 e. The van der Waals surface area contributed by atoms with E-state index in [0.717, 1.165) is 83.0 Å². The van der Waals surface area contributed by atoms with Crippen LogP contribution in [0.5, 0.6) is 23.5 Å². The molecule has 2 fully saturated rings. The summed E-state index contributed by atoms with van der Waals surface area (Å²) in [6, 6.07) is 16.0. The highest BCUT2D eigenvalue weighted by Gasteiger charge is 2.26. The maximum atomic E-state index is 10.2. The molecule has 4 atom stereocenters. The number of pyridine rings is 2. The Morgan fingerprint density at radius 2 is 1.06 bits per heavy atom. The molecule has 0 saturated heterocycles. The number of methoxy groups -OCH3 is 2. The number of ether oxygens (including phenoxy) is 4. The molecule has 0 amide bonds. The molecule has 0 spiro atoms. The number of hydrogen-bond donors (Lipinski definition) is 4. The van der Waals surface area contributed by atoms with Crippen LogP contribution in [-0.4, -0.2) is 58.7 Å². The number of rotatable bonds is 15. The van der Waals surface area contributed by atoms with Crippen molar-refractivity contribution in [3.8, 4) is 34.6 Å². The first-order valence-electron chi connectivity index (χ1n) is 17.9. The molecule has 12 heteroatoms. The zero-order chi connectivity index (χ0) is 36.8. The maximum Gasteiger partial charge on any atom is 0.236 e. The minimum absolute atomic E-state index is 0.0507. The third-order valence-corrected chi connectivity index (χ3v) is 10.9. The number of benzene rings is 2. The molecule has 4 aromatic rings. The SMILES string of the molecule is COc1nc(OCc2cccc(-c3cccc(COc4nc(OC)c(CNC5CCCC5O)cc4Cl)c3C)c2C)c(Cl)cc1CNC1CCCC1O. The summed E-state index contributed by atoms with van der Waals surface area (Å²) >= 11 is 13.3. The monoisotopic (exact) mass is 750 g/mol. The first-order valence-corrected chi connectivity index (χ1v) is 18.6. The lowest BCUT2D eigenvalue weighted by molar-refractivity contribution is 0.148. The smallest absolute Gasteiger partial charge is 0.236 e. The van der Waals surface area contributed by atoms with Crippen LogP contribution in [0.25, 0.3) is 11.1 Å². The number of halogens is 2. The molecule has 0 aliphatic heterocycles. The maximum absolute atomic E-state index is 10.2. The summed E-state index contributed by atoms with van der Waals surface area (Å²) in [5, 5.41) is 28.0. The highest BCUT2D eigenvalue weighted by Crippen LogP contribution is 2.35. The Bertz CT molecular complexity index is 1730. The van der Waals surface area contributed by atoms with Crippen LogP contribution in [0, 0.1) is 13.8 Å². The Balaban J connectivity index is 1.12. The fourth-order valence-corrected chi connectivity index (χ4v) is 7.65. The summed E-state index contributed by atoms with van der Waals surface area (Å²) in [4.78, 5) is 9.15. The molecule has 6 rings (SSSR count). The Hall–Kier alpha value is -3.64.